The van der Waals surface area contributed by atoms with Gasteiger partial charge in [-0.15, -0.1) is 0 Å². The van der Waals surface area contributed by atoms with Crippen molar-refractivity contribution in [1.82, 2.24) is 9.88 Å². The molecule has 4 nitrogen and oxygen atoms in total. The maximum Gasteiger partial charge on any atom is 0.119 e. The number of aromatic nitrogens is 1. The number of piperazine rings is 1. The van der Waals surface area contributed by atoms with Crippen molar-refractivity contribution in [2.45, 2.75) is 19.4 Å². The van der Waals surface area contributed by atoms with Crippen LogP contribution in [-0.2, 0) is 0 Å². The number of anilines is 1. The third kappa shape index (κ3) is 2.57. The smallest absolute Gasteiger partial charge is 0.119 e. The van der Waals surface area contributed by atoms with Gasteiger partial charge in [0.05, 0.1) is 17.6 Å². The summed E-state index contributed by atoms with van der Waals surface area (Å²) in [5.41, 5.74) is 5.94. The average Bonchev–Trinajstić information content (AvgIpc) is 3.05. The van der Waals surface area contributed by atoms with Crippen LogP contribution < -0.4 is 4.90 Å². The number of hydrogen-bond acceptors (Lipinski definition) is 4. The van der Waals surface area contributed by atoms with Gasteiger partial charge < -0.3 is 9.80 Å². The number of halogens is 2. The highest BCUT2D eigenvalue weighted by Gasteiger charge is 2.37. The second kappa shape index (κ2) is 6.46. The van der Waals surface area contributed by atoms with Crippen molar-refractivity contribution in [3.63, 3.8) is 0 Å². The monoisotopic (exact) mass is 436 g/mol. The van der Waals surface area contributed by atoms with Crippen LogP contribution in [0.4, 0.5) is 10.1 Å². The Morgan fingerprint density at radius 2 is 2.14 bits per heavy atom. The Morgan fingerprint density at radius 3 is 2.96 bits per heavy atom. The van der Waals surface area contributed by atoms with Gasteiger partial charge in [-0.1, -0.05) is 0 Å². The highest BCUT2D eigenvalue weighted by atomic mass is 79.9. The number of fused-ring (bicyclic) bond motifs is 3. The van der Waals surface area contributed by atoms with E-state index in [0.717, 1.165) is 41.8 Å². The van der Waals surface area contributed by atoms with Crippen molar-refractivity contribution in [3.05, 3.63) is 69.3 Å². The van der Waals surface area contributed by atoms with Crippen LogP contribution in [0.3, 0.4) is 0 Å². The highest BCUT2D eigenvalue weighted by molar-refractivity contribution is 9.11. The number of pyridine rings is 1. The number of rotatable bonds is 1. The van der Waals surface area contributed by atoms with Gasteiger partial charge in [0.15, 0.2) is 0 Å². The van der Waals surface area contributed by atoms with Crippen LogP contribution in [0.15, 0.2) is 63.7 Å². The quantitative estimate of drug-likeness (QED) is 0.644. The second-order valence-corrected chi connectivity index (χ2v) is 8.38. The van der Waals surface area contributed by atoms with E-state index in [1.807, 2.05) is 30.3 Å². The first kappa shape index (κ1) is 17.4. The molecular formula is C22H18BrFN4. The first-order valence-corrected chi connectivity index (χ1v) is 10.1. The molecule has 0 saturated carbocycles. The minimum Gasteiger partial charge on any atom is -0.364 e. The fourth-order valence-electron chi connectivity index (χ4n) is 4.53. The van der Waals surface area contributed by atoms with Gasteiger partial charge in [0.1, 0.15) is 11.9 Å². The largest absolute Gasteiger partial charge is 0.364 e. The Bertz CT molecular complexity index is 1140. The first-order chi connectivity index (χ1) is 13.6. The van der Waals surface area contributed by atoms with E-state index in [9.17, 15) is 9.65 Å². The number of allylic oxidation sites excluding steroid dienone is 3. The fraction of sp³-hybridized carbons (Fsp3) is 0.273. The molecule has 3 aliphatic rings. The molecule has 2 aromatic rings. The van der Waals surface area contributed by atoms with E-state index < -0.39 is 0 Å². The topological polar surface area (TPSA) is 43.2 Å². The Labute approximate surface area is 171 Å². The summed E-state index contributed by atoms with van der Waals surface area (Å²) in [4.78, 5) is 9.17. The summed E-state index contributed by atoms with van der Waals surface area (Å²) in [6.45, 7) is 4.67. The zero-order valence-corrected chi connectivity index (χ0v) is 17.0. The standard InChI is InChI=1S/C22H18BrFN4/c1-13-10-27(20-5-4-14(9-25)22-16(20)3-2-6-26-22)12-21-17-8-19(24)18(23)7-15(17)11-28(13)21/h2-7,13H,8,10-12H2,1H3/t13-/m1/s1. The predicted molar refractivity (Wildman–Crippen MR) is 112 cm³/mol. The molecule has 1 aromatic carbocycles. The van der Waals surface area contributed by atoms with Crippen molar-refractivity contribution in [2.24, 2.45) is 0 Å². The lowest BCUT2D eigenvalue weighted by atomic mass is 9.98. The summed E-state index contributed by atoms with van der Waals surface area (Å²) < 4.78 is 14.8. The summed E-state index contributed by atoms with van der Waals surface area (Å²) in [5.74, 6) is -0.106. The lowest BCUT2D eigenvalue weighted by Gasteiger charge is -2.42. The summed E-state index contributed by atoms with van der Waals surface area (Å²) in [6.07, 6.45) is 4.01. The second-order valence-electron chi connectivity index (χ2n) is 7.53. The van der Waals surface area contributed by atoms with E-state index in [1.165, 1.54) is 11.3 Å². The number of benzene rings is 1. The van der Waals surface area contributed by atoms with Crippen molar-refractivity contribution in [2.75, 3.05) is 24.5 Å². The Kier molecular flexibility index (Phi) is 4.02. The van der Waals surface area contributed by atoms with Crippen LogP contribution in [-0.4, -0.2) is 35.6 Å². The summed E-state index contributed by atoms with van der Waals surface area (Å²) in [5, 5.41) is 10.4. The van der Waals surface area contributed by atoms with Gasteiger partial charge in [-0.3, -0.25) is 4.98 Å². The zero-order valence-electron chi connectivity index (χ0n) is 15.4. The average molecular weight is 437 g/mol. The minimum atomic E-state index is -0.106. The Morgan fingerprint density at radius 1 is 1.29 bits per heavy atom. The Hall–Kier alpha value is -2.65. The maximum atomic E-state index is 14.3. The molecule has 140 valence electrons. The van der Waals surface area contributed by atoms with Crippen molar-refractivity contribution >= 4 is 32.5 Å². The normalized spacial score (nSPS) is 21.6. The van der Waals surface area contributed by atoms with Gasteiger partial charge in [-0.25, -0.2) is 4.39 Å². The molecule has 6 heteroatoms. The van der Waals surface area contributed by atoms with E-state index >= 15 is 0 Å². The van der Waals surface area contributed by atoms with Crippen molar-refractivity contribution in [3.8, 4) is 6.07 Å². The molecule has 0 radical (unpaired) electrons. The van der Waals surface area contributed by atoms with E-state index in [-0.39, 0.29) is 5.83 Å². The molecule has 1 saturated heterocycles. The molecule has 1 aromatic heterocycles. The molecule has 1 aliphatic carbocycles. The summed E-state index contributed by atoms with van der Waals surface area (Å²) in [6, 6.07) is 10.3. The Balaban J connectivity index is 1.59. The molecule has 1 atom stereocenters. The van der Waals surface area contributed by atoms with Gasteiger partial charge in [0.25, 0.3) is 0 Å². The molecule has 0 unspecified atom stereocenters. The van der Waals surface area contributed by atoms with Crippen molar-refractivity contribution < 1.29 is 4.39 Å². The van der Waals surface area contributed by atoms with Crippen LogP contribution in [0.1, 0.15) is 18.9 Å². The molecule has 0 N–H and O–H groups in total. The number of hydrogen-bond donors (Lipinski definition) is 0. The van der Waals surface area contributed by atoms with Gasteiger partial charge in [-0.05, 0) is 64.3 Å². The summed E-state index contributed by atoms with van der Waals surface area (Å²) in [7, 11) is 0. The van der Waals surface area contributed by atoms with Crippen LogP contribution in [0, 0.1) is 11.3 Å². The highest BCUT2D eigenvalue weighted by Crippen LogP contribution is 2.43. The number of nitriles is 1. The van der Waals surface area contributed by atoms with Crippen LogP contribution in [0.5, 0.6) is 0 Å². The van der Waals surface area contributed by atoms with Crippen LogP contribution >= 0.6 is 15.9 Å². The molecule has 2 aliphatic heterocycles. The lowest BCUT2D eigenvalue weighted by molar-refractivity contribution is 0.274. The van der Waals surface area contributed by atoms with E-state index in [4.69, 9.17) is 0 Å². The minimum absolute atomic E-state index is 0.106. The molecule has 3 heterocycles. The third-order valence-corrected chi connectivity index (χ3v) is 6.54. The van der Waals surface area contributed by atoms with Gasteiger partial charge in [0.2, 0.25) is 0 Å². The maximum absolute atomic E-state index is 14.3. The molecule has 0 spiro atoms. The van der Waals surface area contributed by atoms with Crippen LogP contribution in [0.2, 0.25) is 0 Å². The number of nitrogens with zero attached hydrogens (tertiary/aromatic N) is 4. The molecule has 0 bridgehead atoms. The van der Waals surface area contributed by atoms with Gasteiger partial charge >= 0.3 is 0 Å². The zero-order chi connectivity index (χ0) is 19.4. The molecular weight excluding hydrogens is 419 g/mol. The van der Waals surface area contributed by atoms with E-state index in [2.05, 4.69) is 43.7 Å². The predicted octanol–water partition coefficient (Wildman–Crippen LogP) is 4.79. The van der Waals surface area contributed by atoms with E-state index in [1.54, 1.807) is 6.20 Å². The summed E-state index contributed by atoms with van der Waals surface area (Å²) >= 11 is 3.34. The molecule has 28 heavy (non-hydrogen) atoms. The van der Waals surface area contributed by atoms with Crippen LogP contribution in [0.25, 0.3) is 10.9 Å². The van der Waals surface area contributed by atoms with Crippen molar-refractivity contribution in [1.29, 1.82) is 5.26 Å². The molecule has 0 amide bonds. The van der Waals surface area contributed by atoms with E-state index in [0.29, 0.717) is 22.5 Å². The first-order valence-electron chi connectivity index (χ1n) is 9.33. The molecule has 1 fully saturated rings. The van der Waals surface area contributed by atoms with Gasteiger partial charge in [-0.2, -0.15) is 5.26 Å². The van der Waals surface area contributed by atoms with Gasteiger partial charge in [0, 0.05) is 53.0 Å². The SMILES string of the molecule is C[C@@H]1CN(c2ccc(C#N)c3ncccc23)CC2=C3CC(F)=C(Br)C=C3CN21. The molecule has 5 rings (SSSR count). The fourth-order valence-corrected chi connectivity index (χ4v) is 4.95. The third-order valence-electron chi connectivity index (χ3n) is 5.88. The lowest BCUT2D eigenvalue weighted by Crippen LogP contribution is -2.49.